The number of anilines is 1. The van der Waals surface area contributed by atoms with Crippen molar-refractivity contribution in [3.8, 4) is 0 Å². The van der Waals surface area contributed by atoms with Gasteiger partial charge in [0, 0.05) is 24.4 Å². The number of nitrogens with zero attached hydrogens (tertiary/aromatic N) is 1. The smallest absolute Gasteiger partial charge is 0.234 e. The second-order valence-electron chi connectivity index (χ2n) is 6.15. The number of hydrogen-bond acceptors (Lipinski definition) is 4. The molecule has 0 spiro atoms. The van der Waals surface area contributed by atoms with Crippen LogP contribution < -0.4 is 10.6 Å². The molecule has 5 nitrogen and oxygen atoms in total. The second-order valence-corrected chi connectivity index (χ2v) is 7.16. The van der Waals surface area contributed by atoms with Gasteiger partial charge in [0.05, 0.1) is 11.4 Å². The predicted molar refractivity (Wildman–Crippen MR) is 92.7 cm³/mol. The molecule has 1 fully saturated rings. The summed E-state index contributed by atoms with van der Waals surface area (Å²) in [6, 6.07) is 6.35. The van der Waals surface area contributed by atoms with Crippen LogP contribution in [0.5, 0.6) is 0 Å². The number of carbonyl (C=O) groups is 2. The minimum absolute atomic E-state index is 0.0796. The molecule has 0 saturated carbocycles. The van der Waals surface area contributed by atoms with Crippen molar-refractivity contribution in [1.82, 2.24) is 10.2 Å². The van der Waals surface area contributed by atoms with Crippen LogP contribution in [0.3, 0.4) is 0 Å². The van der Waals surface area contributed by atoms with E-state index in [1.54, 1.807) is 18.8 Å². The normalized spacial score (nSPS) is 19.1. The topological polar surface area (TPSA) is 61.4 Å². The molecule has 124 valence electrons. The highest BCUT2D eigenvalue weighted by Gasteiger charge is 2.24. The van der Waals surface area contributed by atoms with E-state index in [-0.39, 0.29) is 17.7 Å². The van der Waals surface area contributed by atoms with Crippen molar-refractivity contribution in [2.24, 2.45) is 5.92 Å². The van der Waals surface area contributed by atoms with Gasteiger partial charge in [0.1, 0.15) is 0 Å². The first-order valence-electron chi connectivity index (χ1n) is 8.15. The molecule has 2 heterocycles. The lowest BCUT2D eigenvalue weighted by molar-refractivity contribution is -0.125. The largest absolute Gasteiger partial charge is 0.359 e. The van der Waals surface area contributed by atoms with E-state index in [1.165, 1.54) is 5.56 Å². The van der Waals surface area contributed by atoms with Crippen LogP contribution in [0.4, 0.5) is 5.69 Å². The van der Waals surface area contributed by atoms with Crippen molar-refractivity contribution in [1.29, 1.82) is 0 Å². The van der Waals surface area contributed by atoms with Crippen LogP contribution in [0.15, 0.2) is 23.1 Å². The minimum Gasteiger partial charge on any atom is -0.359 e. The summed E-state index contributed by atoms with van der Waals surface area (Å²) in [4.78, 5) is 26.7. The Morgan fingerprint density at radius 2 is 2.17 bits per heavy atom. The number of amides is 2. The molecule has 0 radical (unpaired) electrons. The number of nitrogens with one attached hydrogen (secondary N) is 2. The Labute approximate surface area is 141 Å². The van der Waals surface area contributed by atoms with Gasteiger partial charge in [-0.1, -0.05) is 6.07 Å². The second kappa shape index (κ2) is 7.36. The molecule has 0 atom stereocenters. The number of piperidine rings is 1. The Morgan fingerprint density at radius 3 is 2.91 bits per heavy atom. The van der Waals surface area contributed by atoms with E-state index in [4.69, 9.17) is 0 Å². The Kier molecular flexibility index (Phi) is 5.23. The summed E-state index contributed by atoms with van der Waals surface area (Å²) in [5.74, 6) is 0.933. The van der Waals surface area contributed by atoms with Crippen LogP contribution in [-0.2, 0) is 16.0 Å². The summed E-state index contributed by atoms with van der Waals surface area (Å²) >= 11 is 1.60. The SMILES string of the molecule is CNC(=O)C1CCN(CCc2ccc3c(c2)NC(=O)CS3)CC1. The van der Waals surface area contributed by atoms with Gasteiger partial charge in [0.25, 0.3) is 0 Å². The molecule has 3 rings (SSSR count). The van der Waals surface area contributed by atoms with Gasteiger partial charge in [0.2, 0.25) is 11.8 Å². The third kappa shape index (κ3) is 4.06. The first-order chi connectivity index (χ1) is 11.2. The molecule has 6 heteroatoms. The van der Waals surface area contributed by atoms with Crippen molar-refractivity contribution in [2.75, 3.05) is 37.8 Å². The summed E-state index contributed by atoms with van der Waals surface area (Å²) in [6.45, 7) is 2.96. The predicted octanol–water partition coefficient (Wildman–Crippen LogP) is 1.73. The van der Waals surface area contributed by atoms with E-state index in [0.717, 1.165) is 49.5 Å². The van der Waals surface area contributed by atoms with Crippen LogP contribution in [0.2, 0.25) is 0 Å². The first kappa shape index (κ1) is 16.3. The molecule has 1 saturated heterocycles. The van der Waals surface area contributed by atoms with E-state index in [9.17, 15) is 9.59 Å². The summed E-state index contributed by atoms with van der Waals surface area (Å²) < 4.78 is 0. The van der Waals surface area contributed by atoms with E-state index in [2.05, 4.69) is 33.7 Å². The minimum atomic E-state index is 0.0796. The van der Waals surface area contributed by atoms with Crippen LogP contribution in [0.1, 0.15) is 18.4 Å². The molecular formula is C17H23N3O2S. The molecule has 0 unspecified atom stereocenters. The summed E-state index contributed by atoms with van der Waals surface area (Å²) in [7, 11) is 1.71. The van der Waals surface area contributed by atoms with Gasteiger partial charge in [0.15, 0.2) is 0 Å². The maximum absolute atomic E-state index is 11.6. The number of likely N-dealkylation sites (tertiary alicyclic amines) is 1. The molecule has 2 amide bonds. The van der Waals surface area contributed by atoms with Crippen LogP contribution in [0, 0.1) is 5.92 Å². The number of hydrogen-bond donors (Lipinski definition) is 2. The number of fused-ring (bicyclic) bond motifs is 1. The Hall–Kier alpha value is -1.53. The average Bonchev–Trinajstić information content (AvgIpc) is 2.59. The van der Waals surface area contributed by atoms with Gasteiger partial charge in [-0.05, 0) is 50.0 Å². The number of rotatable bonds is 4. The van der Waals surface area contributed by atoms with Crippen molar-refractivity contribution in [3.05, 3.63) is 23.8 Å². The fraction of sp³-hybridized carbons (Fsp3) is 0.529. The third-order valence-corrected chi connectivity index (χ3v) is 5.67. The lowest BCUT2D eigenvalue weighted by Crippen LogP contribution is -2.40. The third-order valence-electron chi connectivity index (χ3n) is 4.60. The Morgan fingerprint density at radius 1 is 1.39 bits per heavy atom. The maximum atomic E-state index is 11.6. The zero-order chi connectivity index (χ0) is 16.2. The van der Waals surface area contributed by atoms with Crippen LogP contribution >= 0.6 is 11.8 Å². The Bertz CT molecular complexity index is 598. The highest BCUT2D eigenvalue weighted by molar-refractivity contribution is 8.00. The van der Waals surface area contributed by atoms with Crippen molar-refractivity contribution >= 4 is 29.3 Å². The lowest BCUT2D eigenvalue weighted by Gasteiger charge is -2.31. The molecule has 2 aliphatic rings. The monoisotopic (exact) mass is 333 g/mol. The first-order valence-corrected chi connectivity index (χ1v) is 9.14. The van der Waals surface area contributed by atoms with Gasteiger partial charge in [-0.15, -0.1) is 11.8 Å². The molecule has 23 heavy (non-hydrogen) atoms. The number of thioether (sulfide) groups is 1. The van der Waals surface area contributed by atoms with Crippen LogP contribution in [-0.4, -0.2) is 49.1 Å². The van der Waals surface area contributed by atoms with E-state index < -0.39 is 0 Å². The fourth-order valence-electron chi connectivity index (χ4n) is 3.20. The van der Waals surface area contributed by atoms with Gasteiger partial charge in [-0.2, -0.15) is 0 Å². The van der Waals surface area contributed by atoms with Gasteiger partial charge >= 0.3 is 0 Å². The van der Waals surface area contributed by atoms with Crippen molar-refractivity contribution in [3.63, 3.8) is 0 Å². The molecule has 0 bridgehead atoms. The summed E-state index contributed by atoms with van der Waals surface area (Å²) in [5, 5.41) is 5.69. The van der Waals surface area contributed by atoms with Crippen LogP contribution in [0.25, 0.3) is 0 Å². The van der Waals surface area contributed by atoms with Gasteiger partial charge in [-0.25, -0.2) is 0 Å². The highest BCUT2D eigenvalue weighted by Crippen LogP contribution is 2.32. The number of carbonyl (C=O) groups excluding carboxylic acids is 2. The molecule has 2 N–H and O–H groups in total. The fourth-order valence-corrected chi connectivity index (χ4v) is 3.98. The lowest BCUT2D eigenvalue weighted by atomic mass is 9.95. The van der Waals surface area contributed by atoms with Crippen molar-refractivity contribution in [2.45, 2.75) is 24.2 Å². The Balaban J connectivity index is 1.51. The van der Waals surface area contributed by atoms with E-state index >= 15 is 0 Å². The number of benzene rings is 1. The molecule has 0 aliphatic carbocycles. The van der Waals surface area contributed by atoms with Gasteiger partial charge < -0.3 is 15.5 Å². The van der Waals surface area contributed by atoms with E-state index in [0.29, 0.717) is 5.75 Å². The molecule has 0 aromatic heterocycles. The molecule has 2 aliphatic heterocycles. The maximum Gasteiger partial charge on any atom is 0.234 e. The average molecular weight is 333 g/mol. The van der Waals surface area contributed by atoms with Gasteiger partial charge in [-0.3, -0.25) is 9.59 Å². The molecule has 1 aromatic rings. The standard InChI is InChI=1S/C17H23N3O2S/c1-18-17(22)13-5-8-20(9-6-13)7-4-12-2-3-15-14(10-12)19-16(21)11-23-15/h2-3,10,13H,4-9,11H2,1H3,(H,18,22)(H,19,21). The molecular weight excluding hydrogens is 310 g/mol. The highest BCUT2D eigenvalue weighted by atomic mass is 32.2. The van der Waals surface area contributed by atoms with Crippen molar-refractivity contribution < 1.29 is 9.59 Å². The van der Waals surface area contributed by atoms with E-state index in [1.807, 2.05) is 0 Å². The molecule has 1 aromatic carbocycles. The zero-order valence-electron chi connectivity index (χ0n) is 13.4. The zero-order valence-corrected chi connectivity index (χ0v) is 14.2. The summed E-state index contributed by atoms with van der Waals surface area (Å²) in [6.07, 6.45) is 2.85. The quantitative estimate of drug-likeness (QED) is 0.881. The summed E-state index contributed by atoms with van der Waals surface area (Å²) in [5.41, 5.74) is 2.20.